The molecule has 1 amide bonds. The number of unbranched alkanes of at least 4 members (excludes halogenated alkanes) is 1. The lowest BCUT2D eigenvalue weighted by atomic mass is 10.1. The van der Waals surface area contributed by atoms with Crippen LogP contribution in [0.2, 0.25) is 0 Å². The van der Waals surface area contributed by atoms with Crippen molar-refractivity contribution in [2.24, 2.45) is 0 Å². The van der Waals surface area contributed by atoms with Crippen LogP contribution in [-0.2, 0) is 9.53 Å². The van der Waals surface area contributed by atoms with Crippen molar-refractivity contribution in [2.75, 3.05) is 19.8 Å². The molecule has 0 fully saturated rings. The van der Waals surface area contributed by atoms with Gasteiger partial charge >= 0.3 is 0 Å². The Bertz CT molecular complexity index is 381. The number of aliphatic hydroxyl groups is 1. The second-order valence-corrected chi connectivity index (χ2v) is 4.26. The maximum atomic E-state index is 12.8. The molecule has 0 spiro atoms. The van der Waals surface area contributed by atoms with Gasteiger partial charge < -0.3 is 15.2 Å². The summed E-state index contributed by atoms with van der Waals surface area (Å²) < 4.78 is 18.0. The Labute approximate surface area is 112 Å². The lowest BCUT2D eigenvalue weighted by Crippen LogP contribution is -2.33. The van der Waals surface area contributed by atoms with E-state index in [4.69, 9.17) is 4.74 Å². The molecule has 0 aliphatic heterocycles. The zero-order chi connectivity index (χ0) is 14.1. The van der Waals surface area contributed by atoms with E-state index < -0.39 is 6.04 Å². The highest BCUT2D eigenvalue weighted by Crippen LogP contribution is 2.12. The van der Waals surface area contributed by atoms with Gasteiger partial charge in [0.15, 0.2) is 0 Å². The van der Waals surface area contributed by atoms with Crippen LogP contribution < -0.4 is 5.32 Å². The van der Waals surface area contributed by atoms with Crippen LogP contribution in [0.1, 0.15) is 31.4 Å². The van der Waals surface area contributed by atoms with E-state index in [1.54, 1.807) is 0 Å². The molecule has 0 unspecified atom stereocenters. The number of ether oxygens (including phenoxy) is 1. The van der Waals surface area contributed by atoms with Crippen molar-refractivity contribution in [3.63, 3.8) is 0 Å². The van der Waals surface area contributed by atoms with E-state index in [0.717, 1.165) is 12.8 Å². The van der Waals surface area contributed by atoms with Gasteiger partial charge in [0.1, 0.15) is 12.4 Å². The van der Waals surface area contributed by atoms with Crippen LogP contribution in [0.4, 0.5) is 4.39 Å². The molecule has 0 bridgehead atoms. The predicted octanol–water partition coefficient (Wildman–Crippen LogP) is 1.79. The van der Waals surface area contributed by atoms with E-state index >= 15 is 0 Å². The Morgan fingerprint density at radius 3 is 2.68 bits per heavy atom. The SMILES string of the molecule is CCCCOCC(=O)N[C@H](CO)c1ccc(F)cc1. The molecule has 19 heavy (non-hydrogen) atoms. The lowest BCUT2D eigenvalue weighted by molar-refractivity contribution is -0.126. The van der Waals surface area contributed by atoms with Crippen molar-refractivity contribution in [2.45, 2.75) is 25.8 Å². The summed E-state index contributed by atoms with van der Waals surface area (Å²) >= 11 is 0. The van der Waals surface area contributed by atoms with Gasteiger partial charge in [0.2, 0.25) is 5.91 Å². The van der Waals surface area contributed by atoms with Gasteiger partial charge in [-0.05, 0) is 24.1 Å². The second-order valence-electron chi connectivity index (χ2n) is 4.26. The fourth-order valence-corrected chi connectivity index (χ4v) is 1.58. The van der Waals surface area contributed by atoms with E-state index in [1.807, 2.05) is 6.92 Å². The third-order valence-corrected chi connectivity index (χ3v) is 2.67. The van der Waals surface area contributed by atoms with Gasteiger partial charge in [-0.1, -0.05) is 25.5 Å². The number of hydrogen-bond donors (Lipinski definition) is 2. The first kappa shape index (κ1) is 15.6. The third-order valence-electron chi connectivity index (χ3n) is 2.67. The number of nitrogens with one attached hydrogen (secondary N) is 1. The molecule has 4 nitrogen and oxygen atoms in total. The molecule has 0 aliphatic carbocycles. The number of benzene rings is 1. The van der Waals surface area contributed by atoms with Gasteiger partial charge in [-0.15, -0.1) is 0 Å². The van der Waals surface area contributed by atoms with Gasteiger partial charge in [-0.3, -0.25) is 4.79 Å². The Kier molecular flexibility index (Phi) is 7.07. The van der Waals surface area contributed by atoms with Crippen LogP contribution in [0.15, 0.2) is 24.3 Å². The van der Waals surface area contributed by atoms with Gasteiger partial charge in [0, 0.05) is 6.61 Å². The zero-order valence-electron chi connectivity index (χ0n) is 11.1. The smallest absolute Gasteiger partial charge is 0.246 e. The molecule has 1 atom stereocenters. The summed E-state index contributed by atoms with van der Waals surface area (Å²) in [5.41, 5.74) is 0.658. The monoisotopic (exact) mass is 269 g/mol. The largest absolute Gasteiger partial charge is 0.394 e. The van der Waals surface area contributed by atoms with Crippen LogP contribution in [-0.4, -0.2) is 30.8 Å². The van der Waals surface area contributed by atoms with Crippen molar-refractivity contribution >= 4 is 5.91 Å². The van der Waals surface area contributed by atoms with Crippen molar-refractivity contribution in [1.29, 1.82) is 0 Å². The number of halogens is 1. The number of amides is 1. The van der Waals surface area contributed by atoms with E-state index in [0.29, 0.717) is 12.2 Å². The standard InChI is InChI=1S/C14H20FNO3/c1-2-3-8-19-10-14(18)16-13(9-17)11-4-6-12(15)7-5-11/h4-7,13,17H,2-3,8-10H2,1H3,(H,16,18)/t13-/m1/s1. The number of rotatable bonds is 8. The number of aliphatic hydroxyl groups excluding tert-OH is 1. The molecule has 2 N–H and O–H groups in total. The summed E-state index contributed by atoms with van der Waals surface area (Å²) in [5, 5.41) is 11.9. The van der Waals surface area contributed by atoms with Gasteiger partial charge in [-0.25, -0.2) is 4.39 Å². The van der Waals surface area contributed by atoms with Gasteiger partial charge in [0.25, 0.3) is 0 Å². The summed E-state index contributed by atoms with van der Waals surface area (Å²) in [6, 6.07) is 5.12. The van der Waals surface area contributed by atoms with Crippen molar-refractivity contribution < 1.29 is 19.0 Å². The first-order valence-electron chi connectivity index (χ1n) is 6.40. The first-order chi connectivity index (χ1) is 9.17. The molecule has 106 valence electrons. The van der Waals surface area contributed by atoms with Crippen LogP contribution >= 0.6 is 0 Å². The average molecular weight is 269 g/mol. The van der Waals surface area contributed by atoms with Crippen molar-refractivity contribution in [1.82, 2.24) is 5.32 Å². The van der Waals surface area contributed by atoms with E-state index in [-0.39, 0.29) is 24.9 Å². The molecular weight excluding hydrogens is 249 g/mol. The fraction of sp³-hybridized carbons (Fsp3) is 0.500. The van der Waals surface area contributed by atoms with E-state index in [2.05, 4.69) is 5.32 Å². The Morgan fingerprint density at radius 2 is 2.11 bits per heavy atom. The van der Waals surface area contributed by atoms with Crippen LogP contribution in [0, 0.1) is 5.82 Å². The summed E-state index contributed by atoms with van der Waals surface area (Å²) in [5.74, 6) is -0.644. The number of hydrogen-bond acceptors (Lipinski definition) is 3. The lowest BCUT2D eigenvalue weighted by Gasteiger charge is -2.16. The highest BCUT2D eigenvalue weighted by Gasteiger charge is 2.13. The maximum absolute atomic E-state index is 12.8. The topological polar surface area (TPSA) is 58.6 Å². The van der Waals surface area contributed by atoms with Crippen molar-refractivity contribution in [3.8, 4) is 0 Å². The maximum Gasteiger partial charge on any atom is 0.246 e. The van der Waals surface area contributed by atoms with Crippen molar-refractivity contribution in [3.05, 3.63) is 35.6 Å². The van der Waals surface area contributed by atoms with Gasteiger partial charge in [0.05, 0.1) is 12.6 Å². The van der Waals surface area contributed by atoms with E-state index in [1.165, 1.54) is 24.3 Å². The molecule has 0 heterocycles. The molecule has 5 heteroatoms. The van der Waals surface area contributed by atoms with E-state index in [9.17, 15) is 14.3 Å². The third kappa shape index (κ3) is 5.81. The highest BCUT2D eigenvalue weighted by atomic mass is 19.1. The minimum absolute atomic E-state index is 0.0301. The molecular formula is C14H20FNO3. The van der Waals surface area contributed by atoms with Crippen LogP contribution in [0.3, 0.4) is 0 Å². The van der Waals surface area contributed by atoms with Crippen LogP contribution in [0.25, 0.3) is 0 Å². The minimum atomic E-state index is -0.539. The minimum Gasteiger partial charge on any atom is -0.394 e. The number of carbonyl (C=O) groups excluding carboxylic acids is 1. The Hall–Kier alpha value is -1.46. The molecule has 0 saturated carbocycles. The van der Waals surface area contributed by atoms with Gasteiger partial charge in [-0.2, -0.15) is 0 Å². The predicted molar refractivity (Wildman–Crippen MR) is 70.1 cm³/mol. The summed E-state index contributed by atoms with van der Waals surface area (Å²) in [7, 11) is 0. The summed E-state index contributed by atoms with van der Waals surface area (Å²) in [6.07, 6.45) is 1.92. The quantitative estimate of drug-likeness (QED) is 0.707. The normalized spacial score (nSPS) is 12.2. The second kappa shape index (κ2) is 8.61. The Morgan fingerprint density at radius 1 is 1.42 bits per heavy atom. The molecule has 0 radical (unpaired) electrons. The number of carbonyl (C=O) groups is 1. The average Bonchev–Trinajstić information content (AvgIpc) is 2.42. The fourth-order valence-electron chi connectivity index (χ4n) is 1.58. The van der Waals surface area contributed by atoms with Crippen LogP contribution in [0.5, 0.6) is 0 Å². The molecule has 0 aromatic heterocycles. The molecule has 1 rings (SSSR count). The summed E-state index contributed by atoms with van der Waals surface area (Å²) in [4.78, 5) is 11.6. The molecule has 0 aliphatic rings. The Balaban J connectivity index is 2.43. The molecule has 0 saturated heterocycles. The molecule has 1 aromatic carbocycles. The molecule has 1 aromatic rings. The first-order valence-corrected chi connectivity index (χ1v) is 6.40. The summed E-state index contributed by atoms with van der Waals surface area (Å²) in [6.45, 7) is 2.31. The highest BCUT2D eigenvalue weighted by molar-refractivity contribution is 5.77. The zero-order valence-corrected chi connectivity index (χ0v) is 11.1.